The van der Waals surface area contributed by atoms with Crippen LogP contribution >= 0.6 is 0 Å². The second-order valence-electron chi connectivity index (χ2n) is 7.64. The molecule has 1 aliphatic rings. The van der Waals surface area contributed by atoms with Crippen molar-refractivity contribution >= 4 is 17.4 Å². The number of nitrogens with zero attached hydrogens (tertiary/aromatic N) is 2. The van der Waals surface area contributed by atoms with Crippen molar-refractivity contribution in [2.45, 2.75) is 19.9 Å². The van der Waals surface area contributed by atoms with Crippen molar-refractivity contribution in [3.63, 3.8) is 0 Å². The van der Waals surface area contributed by atoms with E-state index in [9.17, 15) is 19.1 Å². The number of rotatable bonds is 9. The van der Waals surface area contributed by atoms with Crippen molar-refractivity contribution < 1.29 is 28.6 Å². The minimum atomic E-state index is -0.828. The molecule has 2 aromatic rings. The van der Waals surface area contributed by atoms with Crippen LogP contribution in [0.5, 0.6) is 11.5 Å². The number of methoxy groups -OCH3 is 2. The molecular weight excluding hydrogens is 427 g/mol. The summed E-state index contributed by atoms with van der Waals surface area (Å²) in [6.45, 7) is 6.52. The highest BCUT2D eigenvalue weighted by atomic mass is 19.1. The lowest BCUT2D eigenvalue weighted by Crippen LogP contribution is -2.38. The Balaban J connectivity index is 2.14. The zero-order chi connectivity index (χ0) is 24.1. The summed E-state index contributed by atoms with van der Waals surface area (Å²) in [5, 5.41) is 11.0. The van der Waals surface area contributed by atoms with E-state index < -0.39 is 23.5 Å². The van der Waals surface area contributed by atoms with Gasteiger partial charge in [-0.25, -0.2) is 4.39 Å². The number of hydrogen-bond acceptors (Lipinski definition) is 6. The zero-order valence-electron chi connectivity index (χ0n) is 19.3. The van der Waals surface area contributed by atoms with Crippen molar-refractivity contribution in [2.75, 3.05) is 40.4 Å². The topological polar surface area (TPSA) is 79.3 Å². The van der Waals surface area contributed by atoms with Gasteiger partial charge in [0.15, 0.2) is 11.5 Å². The highest BCUT2D eigenvalue weighted by Crippen LogP contribution is 2.41. The van der Waals surface area contributed by atoms with Gasteiger partial charge in [-0.05, 0) is 55.1 Å². The maximum Gasteiger partial charge on any atom is 0.295 e. The van der Waals surface area contributed by atoms with Crippen LogP contribution in [0.3, 0.4) is 0 Å². The molecule has 1 heterocycles. The SMILES string of the molecule is CCN(CC)CCN1C(=O)C(=O)/C(=C(\O)c2ccc(F)cc2)C1c1ccc(OC)c(OC)c1. The highest BCUT2D eigenvalue weighted by Gasteiger charge is 2.46. The molecular formula is C25H29FN2O5. The molecule has 1 atom stereocenters. The van der Waals surface area contributed by atoms with Crippen LogP contribution in [0.25, 0.3) is 5.76 Å². The first-order valence-corrected chi connectivity index (χ1v) is 10.8. The van der Waals surface area contributed by atoms with Crippen molar-refractivity contribution in [3.05, 3.63) is 65.0 Å². The first kappa shape index (κ1) is 24.3. The number of carbonyl (C=O) groups is 2. The Morgan fingerprint density at radius 2 is 1.67 bits per heavy atom. The monoisotopic (exact) mass is 456 g/mol. The van der Waals surface area contributed by atoms with Gasteiger partial charge in [-0.15, -0.1) is 0 Å². The van der Waals surface area contributed by atoms with Gasteiger partial charge in [0.2, 0.25) is 0 Å². The molecule has 33 heavy (non-hydrogen) atoms. The van der Waals surface area contributed by atoms with Crippen molar-refractivity contribution in [2.24, 2.45) is 0 Å². The summed E-state index contributed by atoms with van der Waals surface area (Å²) in [7, 11) is 3.01. The molecule has 1 unspecified atom stereocenters. The lowest BCUT2D eigenvalue weighted by atomic mass is 9.95. The number of halogens is 1. The van der Waals surface area contributed by atoms with Gasteiger partial charge >= 0.3 is 0 Å². The molecule has 176 valence electrons. The Kier molecular flexibility index (Phi) is 7.71. The van der Waals surface area contributed by atoms with Gasteiger partial charge in [0.05, 0.1) is 25.8 Å². The minimum absolute atomic E-state index is 0.0432. The Labute approximate surface area is 193 Å². The number of amides is 1. The Morgan fingerprint density at radius 1 is 1.03 bits per heavy atom. The maximum absolute atomic E-state index is 13.4. The van der Waals surface area contributed by atoms with E-state index in [0.717, 1.165) is 13.1 Å². The van der Waals surface area contributed by atoms with Crippen molar-refractivity contribution in [1.29, 1.82) is 0 Å². The van der Waals surface area contributed by atoms with Gasteiger partial charge in [-0.2, -0.15) is 0 Å². The maximum atomic E-state index is 13.4. The molecule has 0 aliphatic carbocycles. The average molecular weight is 457 g/mol. The van der Waals surface area contributed by atoms with Gasteiger partial charge in [0, 0.05) is 18.7 Å². The molecule has 2 aromatic carbocycles. The number of aliphatic hydroxyl groups is 1. The number of benzene rings is 2. The number of likely N-dealkylation sites (N-methyl/N-ethyl adjacent to an activating group) is 1. The van der Waals surface area contributed by atoms with Crippen LogP contribution in [0, 0.1) is 5.82 Å². The summed E-state index contributed by atoms with van der Waals surface area (Å²) in [6, 6.07) is 9.42. The molecule has 0 spiro atoms. The molecule has 0 radical (unpaired) electrons. The minimum Gasteiger partial charge on any atom is -0.507 e. The second-order valence-corrected chi connectivity index (χ2v) is 7.64. The average Bonchev–Trinajstić information content (AvgIpc) is 3.09. The molecule has 0 aromatic heterocycles. The summed E-state index contributed by atoms with van der Waals surface area (Å²) in [4.78, 5) is 29.8. The molecule has 1 amide bonds. The Morgan fingerprint density at radius 3 is 2.24 bits per heavy atom. The van der Waals surface area contributed by atoms with Crippen LogP contribution < -0.4 is 9.47 Å². The van der Waals surface area contributed by atoms with Gasteiger partial charge in [-0.1, -0.05) is 19.9 Å². The van der Waals surface area contributed by atoms with E-state index >= 15 is 0 Å². The van der Waals surface area contributed by atoms with Crippen LogP contribution in [0.15, 0.2) is 48.0 Å². The van der Waals surface area contributed by atoms with E-state index in [1.165, 1.54) is 43.4 Å². The quantitative estimate of drug-likeness (QED) is 0.353. The smallest absolute Gasteiger partial charge is 0.295 e. The van der Waals surface area contributed by atoms with Crippen molar-refractivity contribution in [3.8, 4) is 11.5 Å². The van der Waals surface area contributed by atoms with E-state index in [4.69, 9.17) is 9.47 Å². The van der Waals surface area contributed by atoms with Crippen LogP contribution in [0.2, 0.25) is 0 Å². The Bertz CT molecular complexity index is 1050. The number of likely N-dealkylation sites (tertiary alicyclic amines) is 1. The number of hydrogen-bond donors (Lipinski definition) is 1. The first-order chi connectivity index (χ1) is 15.9. The lowest BCUT2D eigenvalue weighted by Gasteiger charge is -2.28. The second kappa shape index (κ2) is 10.5. The van der Waals surface area contributed by atoms with E-state index in [-0.39, 0.29) is 16.9 Å². The van der Waals surface area contributed by atoms with E-state index in [0.29, 0.717) is 30.2 Å². The summed E-state index contributed by atoms with van der Waals surface area (Å²) in [5.41, 5.74) is 0.803. The number of ketones is 1. The summed E-state index contributed by atoms with van der Waals surface area (Å²) in [5.74, 6) is -1.35. The number of aliphatic hydroxyl groups excluding tert-OH is 1. The fourth-order valence-corrected chi connectivity index (χ4v) is 4.03. The Hall–Kier alpha value is -3.39. The molecule has 1 aliphatic heterocycles. The third-order valence-corrected chi connectivity index (χ3v) is 5.93. The van der Waals surface area contributed by atoms with E-state index in [2.05, 4.69) is 4.90 Å². The van der Waals surface area contributed by atoms with Crippen LogP contribution in [-0.2, 0) is 9.59 Å². The zero-order valence-corrected chi connectivity index (χ0v) is 19.3. The van der Waals surface area contributed by atoms with E-state index in [1.54, 1.807) is 18.2 Å². The lowest BCUT2D eigenvalue weighted by molar-refractivity contribution is -0.140. The molecule has 3 rings (SSSR count). The number of ether oxygens (including phenoxy) is 2. The van der Waals surface area contributed by atoms with Crippen LogP contribution in [0.1, 0.15) is 31.0 Å². The molecule has 7 nitrogen and oxygen atoms in total. The summed E-state index contributed by atoms with van der Waals surface area (Å²) >= 11 is 0. The summed E-state index contributed by atoms with van der Waals surface area (Å²) in [6.07, 6.45) is 0. The van der Waals surface area contributed by atoms with E-state index in [1.807, 2.05) is 13.8 Å². The molecule has 0 bridgehead atoms. The molecule has 0 saturated carbocycles. The molecule has 1 fully saturated rings. The predicted octanol–water partition coefficient (Wildman–Crippen LogP) is 3.61. The fraction of sp³-hybridized carbons (Fsp3) is 0.360. The standard InChI is InChI=1S/C25H29FN2O5/c1-5-27(6-2)13-14-28-22(17-9-12-19(32-3)20(15-17)33-4)21(24(30)25(28)31)23(29)16-7-10-18(26)11-8-16/h7-12,15,22,29H,5-6,13-14H2,1-4H3/b23-21-. The van der Waals surface area contributed by atoms with Gasteiger partial charge in [0.1, 0.15) is 11.6 Å². The third-order valence-electron chi connectivity index (χ3n) is 5.93. The normalized spacial score (nSPS) is 17.6. The number of Topliss-reactive ketones (excluding diaryl/α,β-unsaturated/α-hetero) is 1. The van der Waals surface area contributed by atoms with Gasteiger partial charge < -0.3 is 24.4 Å². The highest BCUT2D eigenvalue weighted by molar-refractivity contribution is 6.46. The van der Waals surface area contributed by atoms with Crippen LogP contribution in [-0.4, -0.2) is 67.0 Å². The predicted molar refractivity (Wildman–Crippen MR) is 123 cm³/mol. The van der Waals surface area contributed by atoms with Crippen LogP contribution in [0.4, 0.5) is 4.39 Å². The fourth-order valence-electron chi connectivity index (χ4n) is 4.03. The van der Waals surface area contributed by atoms with Crippen molar-refractivity contribution in [1.82, 2.24) is 9.80 Å². The summed E-state index contributed by atoms with van der Waals surface area (Å²) < 4.78 is 24.1. The van der Waals surface area contributed by atoms with Gasteiger partial charge in [0.25, 0.3) is 11.7 Å². The first-order valence-electron chi connectivity index (χ1n) is 10.8. The largest absolute Gasteiger partial charge is 0.507 e. The molecule has 8 heteroatoms. The number of carbonyl (C=O) groups excluding carboxylic acids is 2. The molecule has 1 N–H and O–H groups in total. The molecule has 1 saturated heterocycles. The third kappa shape index (κ3) is 4.85. The van der Waals surface area contributed by atoms with Gasteiger partial charge in [-0.3, -0.25) is 9.59 Å².